The molecule has 0 atom stereocenters. The highest BCUT2D eigenvalue weighted by atomic mass is 14.7. The van der Waals surface area contributed by atoms with Gasteiger partial charge in [0.05, 0.1) is 5.52 Å². The Kier molecular flexibility index (Phi) is 18.1. The lowest BCUT2D eigenvalue weighted by Crippen LogP contribution is -2.30. The third-order valence-electron chi connectivity index (χ3n) is 4.29. The molecule has 1 nitrogen and oxygen atoms in total. The van der Waals surface area contributed by atoms with Gasteiger partial charge in [-0.15, -0.1) is 0 Å². The quantitative estimate of drug-likeness (QED) is 0.519. The minimum absolute atomic E-state index is 0. The zero-order valence-electron chi connectivity index (χ0n) is 17.5. The van der Waals surface area contributed by atoms with Crippen molar-refractivity contribution in [3.8, 4) is 0 Å². The number of benzene rings is 1. The maximum absolute atomic E-state index is 4.90. The van der Waals surface area contributed by atoms with Gasteiger partial charge < -0.3 is 0 Å². The minimum Gasteiger partial charge on any atom is -0.252 e. The van der Waals surface area contributed by atoms with Gasteiger partial charge in [0.15, 0.2) is 0 Å². The predicted octanol–water partition coefficient (Wildman–Crippen LogP) is 8.06. The Balaban J connectivity index is -0.000000623. The van der Waals surface area contributed by atoms with Crippen LogP contribution in [0.15, 0.2) is 24.3 Å². The number of hydrogen-bond acceptors (Lipinski definition) is 1. The highest BCUT2D eigenvalue weighted by Gasteiger charge is 2.16. The topological polar surface area (TPSA) is 12.9 Å². The SMILES string of the molecule is C.C.C.CCC.CCC.CCC1=c2c(CC)nc3ccccc3c2=C(CC)C1. The van der Waals surface area contributed by atoms with Gasteiger partial charge in [-0.05, 0) is 37.0 Å². The van der Waals surface area contributed by atoms with Crippen LogP contribution in [0.1, 0.15) is 109 Å². The third kappa shape index (κ3) is 7.08. The summed E-state index contributed by atoms with van der Waals surface area (Å²) in [6.07, 6.45) is 6.97. The van der Waals surface area contributed by atoms with Gasteiger partial charge in [0.2, 0.25) is 0 Å². The number of hydrogen-bond donors (Lipinski definition) is 0. The van der Waals surface area contributed by atoms with Crippen LogP contribution in [0.3, 0.4) is 0 Å². The van der Waals surface area contributed by atoms with Crippen molar-refractivity contribution in [2.45, 2.75) is 109 Å². The van der Waals surface area contributed by atoms with Gasteiger partial charge in [-0.1, -0.05) is 113 Å². The molecule has 0 unspecified atom stereocenters. The van der Waals surface area contributed by atoms with Crippen molar-refractivity contribution < 1.29 is 0 Å². The van der Waals surface area contributed by atoms with Crippen molar-refractivity contribution in [3.63, 3.8) is 0 Å². The molecule has 2 aromatic rings. The van der Waals surface area contributed by atoms with Gasteiger partial charge in [-0.25, -0.2) is 0 Å². The van der Waals surface area contributed by atoms with E-state index in [1.54, 1.807) is 11.1 Å². The lowest BCUT2D eigenvalue weighted by molar-refractivity contribution is 1.02. The molecule has 1 heteroatoms. The molecule has 1 aliphatic carbocycles. The molecule has 0 bridgehead atoms. The normalized spacial score (nSPS) is 11.0. The summed E-state index contributed by atoms with van der Waals surface area (Å²) < 4.78 is 0. The second kappa shape index (κ2) is 16.3. The number of aromatic nitrogens is 1. The highest BCUT2D eigenvalue weighted by molar-refractivity contribution is 5.85. The summed E-state index contributed by atoms with van der Waals surface area (Å²) >= 11 is 0. The summed E-state index contributed by atoms with van der Waals surface area (Å²) in [5, 5.41) is 4.32. The van der Waals surface area contributed by atoms with Gasteiger partial charge in [0.25, 0.3) is 0 Å². The standard InChI is InChI=1S/C18H21N.2C3H8.3CH4/c1-4-12-11-13(5-2)18-15(6-3)19-16-10-8-7-9-14(16)17(12)18;2*1-3-2;;;/h7-10H,4-6,11H2,1-3H3;2*3H2,1-2H3;3*1H4. The summed E-state index contributed by atoms with van der Waals surface area (Å²) in [7, 11) is 0. The van der Waals surface area contributed by atoms with Crippen molar-refractivity contribution in [3.05, 3.63) is 40.4 Å². The monoisotopic (exact) mass is 387 g/mol. The number of aryl methyl sites for hydroxylation is 1. The van der Waals surface area contributed by atoms with Crippen LogP contribution in [0.4, 0.5) is 0 Å². The van der Waals surface area contributed by atoms with Gasteiger partial charge in [-0.3, -0.25) is 4.98 Å². The molecule has 0 spiro atoms. The van der Waals surface area contributed by atoms with Crippen LogP contribution in [-0.4, -0.2) is 4.98 Å². The Hall–Kier alpha value is -1.63. The fourth-order valence-electron chi connectivity index (χ4n) is 3.30. The second-order valence-electron chi connectivity index (χ2n) is 6.68. The van der Waals surface area contributed by atoms with E-state index in [-0.39, 0.29) is 22.3 Å². The van der Waals surface area contributed by atoms with E-state index < -0.39 is 0 Å². The van der Waals surface area contributed by atoms with Crippen LogP contribution in [0.5, 0.6) is 0 Å². The van der Waals surface area contributed by atoms with Crippen molar-refractivity contribution >= 4 is 22.0 Å². The zero-order chi connectivity index (χ0) is 18.8. The van der Waals surface area contributed by atoms with E-state index in [2.05, 4.69) is 72.7 Å². The Labute approximate surface area is 177 Å². The van der Waals surface area contributed by atoms with Gasteiger partial charge >= 0.3 is 0 Å². The highest BCUT2D eigenvalue weighted by Crippen LogP contribution is 2.22. The van der Waals surface area contributed by atoms with E-state index in [0.29, 0.717) is 0 Å². The van der Waals surface area contributed by atoms with Crippen LogP contribution < -0.4 is 10.4 Å². The molecule has 0 saturated carbocycles. The molecule has 0 fully saturated rings. The summed E-state index contributed by atoms with van der Waals surface area (Å²) in [5.41, 5.74) is 5.62. The maximum atomic E-state index is 4.90. The Morgan fingerprint density at radius 2 is 1.14 bits per heavy atom. The Morgan fingerprint density at radius 3 is 1.61 bits per heavy atom. The first-order valence-electron chi connectivity index (χ1n) is 10.2. The van der Waals surface area contributed by atoms with Gasteiger partial charge in [0, 0.05) is 16.3 Å². The molecule has 1 heterocycles. The van der Waals surface area contributed by atoms with E-state index in [9.17, 15) is 0 Å². The molecule has 1 aromatic carbocycles. The molecule has 0 N–H and O–H groups in total. The second-order valence-corrected chi connectivity index (χ2v) is 6.68. The largest absolute Gasteiger partial charge is 0.252 e. The van der Waals surface area contributed by atoms with Crippen LogP contribution in [-0.2, 0) is 6.42 Å². The minimum atomic E-state index is 0. The average molecular weight is 388 g/mol. The maximum Gasteiger partial charge on any atom is 0.0711 e. The van der Waals surface area contributed by atoms with Crippen LogP contribution in [0, 0.1) is 0 Å². The molecular formula is C27H49N. The number of fused-ring (bicyclic) bond motifs is 3. The zero-order valence-corrected chi connectivity index (χ0v) is 17.5. The number of para-hydroxylation sites is 1. The average Bonchev–Trinajstić information content (AvgIpc) is 3.01. The van der Waals surface area contributed by atoms with E-state index in [0.717, 1.165) is 31.2 Å². The predicted molar refractivity (Wildman–Crippen MR) is 135 cm³/mol. The molecule has 1 aromatic heterocycles. The van der Waals surface area contributed by atoms with Crippen molar-refractivity contribution in [2.75, 3.05) is 0 Å². The van der Waals surface area contributed by atoms with Crippen molar-refractivity contribution in [1.82, 2.24) is 4.98 Å². The molecule has 0 amide bonds. The summed E-state index contributed by atoms with van der Waals surface area (Å²) in [6.45, 7) is 15.3. The summed E-state index contributed by atoms with van der Waals surface area (Å²) in [4.78, 5) is 4.90. The lowest BCUT2D eigenvalue weighted by Gasteiger charge is -2.05. The Morgan fingerprint density at radius 1 is 0.679 bits per heavy atom. The first-order valence-corrected chi connectivity index (χ1v) is 10.2. The van der Waals surface area contributed by atoms with Gasteiger partial charge in [-0.2, -0.15) is 0 Å². The smallest absolute Gasteiger partial charge is 0.0711 e. The molecule has 0 aliphatic heterocycles. The Bertz CT molecular complexity index is 782. The molecule has 28 heavy (non-hydrogen) atoms. The molecule has 0 radical (unpaired) electrons. The molecular weight excluding hydrogens is 338 g/mol. The van der Waals surface area contributed by atoms with E-state index in [1.807, 2.05) is 0 Å². The molecule has 162 valence electrons. The summed E-state index contributed by atoms with van der Waals surface area (Å²) in [6, 6.07) is 8.60. The van der Waals surface area contributed by atoms with Crippen molar-refractivity contribution in [2.24, 2.45) is 0 Å². The molecule has 1 aliphatic rings. The van der Waals surface area contributed by atoms with Crippen LogP contribution in [0.2, 0.25) is 0 Å². The summed E-state index contributed by atoms with van der Waals surface area (Å²) in [5.74, 6) is 0. The molecule has 0 saturated heterocycles. The van der Waals surface area contributed by atoms with Crippen LogP contribution >= 0.6 is 0 Å². The van der Waals surface area contributed by atoms with E-state index in [4.69, 9.17) is 4.98 Å². The fourth-order valence-corrected chi connectivity index (χ4v) is 3.30. The van der Waals surface area contributed by atoms with Crippen LogP contribution in [0.25, 0.3) is 22.0 Å². The third-order valence-corrected chi connectivity index (χ3v) is 4.29. The first-order chi connectivity index (χ1) is 12.1. The first kappa shape index (κ1) is 31.1. The molecule has 3 rings (SSSR count). The van der Waals surface area contributed by atoms with E-state index in [1.165, 1.54) is 34.4 Å². The number of pyridine rings is 1. The van der Waals surface area contributed by atoms with Crippen molar-refractivity contribution in [1.29, 1.82) is 0 Å². The number of rotatable bonds is 3. The lowest BCUT2D eigenvalue weighted by atomic mass is 10.1. The van der Waals surface area contributed by atoms with E-state index >= 15 is 0 Å². The number of nitrogens with zero attached hydrogens (tertiary/aromatic N) is 1. The fraction of sp³-hybridized carbons (Fsp3) is 0.593. The van der Waals surface area contributed by atoms with Gasteiger partial charge in [0.1, 0.15) is 0 Å².